The summed E-state index contributed by atoms with van der Waals surface area (Å²) in [7, 11) is 0. The molecule has 1 saturated heterocycles. The van der Waals surface area contributed by atoms with Crippen LogP contribution in [-0.2, 0) is 6.42 Å². The lowest BCUT2D eigenvalue weighted by molar-refractivity contribution is -0.0102. The lowest BCUT2D eigenvalue weighted by Crippen LogP contribution is -2.45. The zero-order valence-corrected chi connectivity index (χ0v) is 12.9. The molecular weight excluding hydrogens is 314 g/mol. The average Bonchev–Trinajstić information content (AvgIpc) is 2.34. The van der Waals surface area contributed by atoms with Crippen LogP contribution in [0.5, 0.6) is 0 Å². The SMILES string of the molecule is CC(O)(Cc1ccc(Br)cc1Cl)C1CCCNC1. The number of benzene rings is 1. The molecule has 1 aromatic rings. The van der Waals surface area contributed by atoms with E-state index in [9.17, 15) is 5.11 Å². The van der Waals surface area contributed by atoms with Crippen molar-refractivity contribution in [3.63, 3.8) is 0 Å². The molecule has 1 aromatic carbocycles. The van der Waals surface area contributed by atoms with Crippen LogP contribution in [0.3, 0.4) is 0 Å². The minimum atomic E-state index is -0.703. The first-order valence-electron chi connectivity index (χ1n) is 6.36. The van der Waals surface area contributed by atoms with Gasteiger partial charge in [-0.3, -0.25) is 0 Å². The van der Waals surface area contributed by atoms with Crippen molar-refractivity contribution in [1.29, 1.82) is 0 Å². The van der Waals surface area contributed by atoms with E-state index in [2.05, 4.69) is 21.2 Å². The molecule has 0 aliphatic carbocycles. The molecule has 0 spiro atoms. The summed E-state index contributed by atoms with van der Waals surface area (Å²) >= 11 is 9.61. The van der Waals surface area contributed by atoms with Crippen molar-refractivity contribution in [3.05, 3.63) is 33.3 Å². The van der Waals surface area contributed by atoms with Gasteiger partial charge in [-0.25, -0.2) is 0 Å². The number of aliphatic hydroxyl groups is 1. The molecule has 1 aliphatic heterocycles. The van der Waals surface area contributed by atoms with Crippen LogP contribution in [0.25, 0.3) is 0 Å². The Kier molecular flexibility index (Phi) is 4.70. The lowest BCUT2D eigenvalue weighted by Gasteiger charge is -2.36. The molecule has 0 aromatic heterocycles. The Morgan fingerprint density at radius 1 is 1.56 bits per heavy atom. The van der Waals surface area contributed by atoms with Crippen LogP contribution in [-0.4, -0.2) is 23.8 Å². The van der Waals surface area contributed by atoms with Crippen LogP contribution in [0, 0.1) is 5.92 Å². The standard InChI is InChI=1S/C14H19BrClNO/c1-14(18,11-3-2-6-17-9-11)8-10-4-5-12(15)7-13(10)16/h4-5,7,11,17-18H,2-3,6,8-9H2,1H3. The average molecular weight is 333 g/mol. The number of hydrogen-bond acceptors (Lipinski definition) is 2. The molecule has 0 radical (unpaired) electrons. The van der Waals surface area contributed by atoms with Gasteiger partial charge in [0.2, 0.25) is 0 Å². The molecule has 1 fully saturated rings. The second-order valence-electron chi connectivity index (χ2n) is 5.31. The molecule has 4 heteroatoms. The highest BCUT2D eigenvalue weighted by Gasteiger charge is 2.33. The van der Waals surface area contributed by atoms with Crippen molar-refractivity contribution in [1.82, 2.24) is 5.32 Å². The first-order valence-corrected chi connectivity index (χ1v) is 7.53. The van der Waals surface area contributed by atoms with Gasteiger partial charge in [0.15, 0.2) is 0 Å². The molecule has 0 saturated carbocycles. The van der Waals surface area contributed by atoms with E-state index in [1.165, 1.54) is 0 Å². The van der Waals surface area contributed by atoms with Gasteiger partial charge < -0.3 is 10.4 Å². The molecule has 0 amide bonds. The van der Waals surface area contributed by atoms with Crippen molar-refractivity contribution in [2.45, 2.75) is 31.8 Å². The third kappa shape index (κ3) is 3.47. The zero-order chi connectivity index (χ0) is 13.2. The molecular formula is C14H19BrClNO. The molecule has 1 heterocycles. The Labute approximate surface area is 122 Å². The van der Waals surface area contributed by atoms with Gasteiger partial charge in [-0.15, -0.1) is 0 Å². The normalized spacial score (nSPS) is 23.7. The van der Waals surface area contributed by atoms with Crippen molar-refractivity contribution in [2.24, 2.45) is 5.92 Å². The predicted molar refractivity (Wildman–Crippen MR) is 79.1 cm³/mol. The molecule has 1 aliphatic rings. The highest BCUT2D eigenvalue weighted by atomic mass is 79.9. The fourth-order valence-electron chi connectivity index (χ4n) is 2.58. The minimum absolute atomic E-state index is 0.297. The first kappa shape index (κ1) is 14.3. The molecule has 100 valence electrons. The number of hydrogen-bond donors (Lipinski definition) is 2. The van der Waals surface area contributed by atoms with E-state index in [1.807, 2.05) is 25.1 Å². The number of piperidine rings is 1. The highest BCUT2D eigenvalue weighted by Crippen LogP contribution is 2.31. The van der Waals surface area contributed by atoms with Gasteiger partial charge in [0.1, 0.15) is 0 Å². The van der Waals surface area contributed by atoms with Gasteiger partial charge in [-0.2, -0.15) is 0 Å². The quantitative estimate of drug-likeness (QED) is 0.889. The molecule has 2 N–H and O–H groups in total. The van der Waals surface area contributed by atoms with Gasteiger partial charge in [0, 0.05) is 28.4 Å². The van der Waals surface area contributed by atoms with Crippen molar-refractivity contribution in [3.8, 4) is 0 Å². The van der Waals surface area contributed by atoms with Crippen LogP contribution < -0.4 is 5.32 Å². The number of nitrogens with one attached hydrogen (secondary N) is 1. The molecule has 0 bridgehead atoms. The summed E-state index contributed by atoms with van der Waals surface area (Å²) in [5.74, 6) is 0.297. The second-order valence-corrected chi connectivity index (χ2v) is 6.64. The fraction of sp³-hybridized carbons (Fsp3) is 0.571. The lowest BCUT2D eigenvalue weighted by atomic mass is 9.79. The molecule has 2 unspecified atom stereocenters. The Bertz CT molecular complexity index is 416. The summed E-state index contributed by atoms with van der Waals surface area (Å²) in [5.41, 5.74) is 0.306. The van der Waals surface area contributed by atoms with Gasteiger partial charge in [0.05, 0.1) is 5.60 Å². The first-order chi connectivity index (χ1) is 8.49. The second kappa shape index (κ2) is 5.91. The summed E-state index contributed by atoms with van der Waals surface area (Å²) < 4.78 is 0.968. The molecule has 18 heavy (non-hydrogen) atoms. The Hall–Kier alpha value is -0.0900. The summed E-state index contributed by atoms with van der Waals surface area (Å²) in [4.78, 5) is 0. The van der Waals surface area contributed by atoms with Gasteiger partial charge in [-0.1, -0.05) is 33.6 Å². The molecule has 2 rings (SSSR count). The maximum atomic E-state index is 10.7. The van der Waals surface area contributed by atoms with Gasteiger partial charge in [0.25, 0.3) is 0 Å². The highest BCUT2D eigenvalue weighted by molar-refractivity contribution is 9.10. The monoisotopic (exact) mass is 331 g/mol. The smallest absolute Gasteiger partial charge is 0.0700 e. The summed E-state index contributed by atoms with van der Waals surface area (Å²) in [6.45, 7) is 3.87. The van der Waals surface area contributed by atoms with E-state index >= 15 is 0 Å². The summed E-state index contributed by atoms with van der Waals surface area (Å²) in [5, 5.41) is 14.7. The number of rotatable bonds is 3. The number of halogens is 2. The maximum Gasteiger partial charge on any atom is 0.0700 e. The van der Waals surface area contributed by atoms with E-state index in [0.29, 0.717) is 17.4 Å². The van der Waals surface area contributed by atoms with Crippen LogP contribution in [0.2, 0.25) is 5.02 Å². The van der Waals surface area contributed by atoms with Gasteiger partial charge in [-0.05, 0) is 44.0 Å². The van der Waals surface area contributed by atoms with E-state index < -0.39 is 5.60 Å². The summed E-state index contributed by atoms with van der Waals surface area (Å²) in [6, 6.07) is 5.83. The van der Waals surface area contributed by atoms with Crippen LogP contribution in [0.15, 0.2) is 22.7 Å². The Morgan fingerprint density at radius 3 is 2.94 bits per heavy atom. The van der Waals surface area contributed by atoms with Crippen molar-refractivity contribution >= 4 is 27.5 Å². The van der Waals surface area contributed by atoms with E-state index in [1.54, 1.807) is 0 Å². The topological polar surface area (TPSA) is 32.3 Å². The van der Waals surface area contributed by atoms with E-state index in [0.717, 1.165) is 36.0 Å². The van der Waals surface area contributed by atoms with Crippen molar-refractivity contribution < 1.29 is 5.11 Å². The third-order valence-corrected chi connectivity index (χ3v) is 4.58. The molecule has 2 nitrogen and oxygen atoms in total. The zero-order valence-electron chi connectivity index (χ0n) is 10.5. The summed E-state index contributed by atoms with van der Waals surface area (Å²) in [6.07, 6.45) is 2.81. The van der Waals surface area contributed by atoms with Crippen molar-refractivity contribution in [2.75, 3.05) is 13.1 Å². The Balaban J connectivity index is 2.10. The van der Waals surface area contributed by atoms with E-state index in [4.69, 9.17) is 11.6 Å². The predicted octanol–water partition coefficient (Wildman–Crippen LogP) is 3.40. The maximum absolute atomic E-state index is 10.7. The van der Waals surface area contributed by atoms with Crippen LogP contribution in [0.4, 0.5) is 0 Å². The molecule has 2 atom stereocenters. The third-order valence-electron chi connectivity index (χ3n) is 3.74. The fourth-order valence-corrected chi connectivity index (χ4v) is 3.32. The van der Waals surface area contributed by atoms with Crippen LogP contribution in [0.1, 0.15) is 25.3 Å². The minimum Gasteiger partial charge on any atom is -0.389 e. The van der Waals surface area contributed by atoms with Gasteiger partial charge >= 0.3 is 0 Å². The largest absolute Gasteiger partial charge is 0.389 e. The Morgan fingerprint density at radius 2 is 2.33 bits per heavy atom. The van der Waals surface area contributed by atoms with Crippen LogP contribution >= 0.6 is 27.5 Å². The van der Waals surface area contributed by atoms with E-state index in [-0.39, 0.29) is 0 Å².